The van der Waals surface area contributed by atoms with Gasteiger partial charge in [-0.25, -0.2) is 0 Å². The van der Waals surface area contributed by atoms with Gasteiger partial charge in [-0.3, -0.25) is 4.79 Å². The molecule has 0 spiro atoms. The number of likely N-dealkylation sites (N-methyl/N-ethyl adjacent to an activating group) is 1. The molecule has 7 heteroatoms. The Morgan fingerprint density at radius 3 is 1.95 bits per heavy atom. The molecule has 1 N–H and O–H groups in total. The summed E-state index contributed by atoms with van der Waals surface area (Å²) in [7, 11) is 5.34. The maximum absolute atomic E-state index is 11.9. The van der Waals surface area contributed by atoms with Crippen LogP contribution in [0.15, 0.2) is 48.6 Å². The van der Waals surface area contributed by atoms with E-state index in [1.807, 2.05) is 12.2 Å². The Morgan fingerprint density at radius 1 is 0.816 bits per heavy atom. The largest absolute Gasteiger partial charge is 0.544 e. The fraction of sp³-hybridized carbons (Fsp3) is 0.677. The van der Waals surface area contributed by atoms with Crippen molar-refractivity contribution in [3.8, 4) is 0 Å². The Hall–Kier alpha value is -2.22. The molecule has 0 heterocycles. The van der Waals surface area contributed by atoms with Crippen LogP contribution in [0.3, 0.4) is 0 Å². The molecule has 7 nitrogen and oxygen atoms in total. The smallest absolute Gasteiger partial charge is 0.305 e. The number of carboxylic acid groups (broad SMARTS) is 1. The molecule has 2 atom stereocenters. The Bertz CT molecular complexity index is 720. The molecule has 0 rings (SSSR count). The molecule has 2 unspecified atom stereocenters. The van der Waals surface area contributed by atoms with Crippen LogP contribution in [-0.4, -0.2) is 74.6 Å². The van der Waals surface area contributed by atoms with Crippen LogP contribution in [0.4, 0.5) is 0 Å². The minimum Gasteiger partial charge on any atom is -0.544 e. The fourth-order valence-electron chi connectivity index (χ4n) is 3.73. The average Bonchev–Trinajstić information content (AvgIpc) is 2.85. The van der Waals surface area contributed by atoms with Crippen LogP contribution >= 0.6 is 0 Å². The van der Waals surface area contributed by atoms with E-state index in [2.05, 4.69) is 43.4 Å². The van der Waals surface area contributed by atoms with E-state index >= 15 is 0 Å². The van der Waals surface area contributed by atoms with E-state index in [1.54, 1.807) is 21.1 Å². The highest BCUT2D eigenvalue weighted by molar-refractivity contribution is 5.69. The molecule has 0 aromatic carbocycles. The molecule has 0 saturated carbocycles. The molecule has 0 bridgehead atoms. The van der Waals surface area contributed by atoms with E-state index in [1.165, 1.54) is 19.3 Å². The highest BCUT2D eigenvalue weighted by Gasteiger charge is 2.24. The fourth-order valence-corrected chi connectivity index (χ4v) is 3.73. The molecule has 0 saturated heterocycles. The first-order valence-electron chi connectivity index (χ1n) is 14.3. The van der Waals surface area contributed by atoms with Gasteiger partial charge >= 0.3 is 5.97 Å². The zero-order valence-corrected chi connectivity index (χ0v) is 24.3. The van der Waals surface area contributed by atoms with Gasteiger partial charge in [0.05, 0.1) is 40.3 Å². The molecular formula is C31H53NO6. The Balaban J connectivity index is 3.67. The van der Waals surface area contributed by atoms with E-state index < -0.39 is 18.1 Å². The van der Waals surface area contributed by atoms with Crippen molar-refractivity contribution < 1.29 is 33.8 Å². The summed E-state index contributed by atoms with van der Waals surface area (Å²) in [6.07, 6.45) is 27.6. The van der Waals surface area contributed by atoms with Gasteiger partial charge in [-0.1, -0.05) is 87.6 Å². The summed E-state index contributed by atoms with van der Waals surface area (Å²) >= 11 is 0. The van der Waals surface area contributed by atoms with Gasteiger partial charge in [0.15, 0.2) is 0 Å². The number of nitrogens with zero attached hydrogens (tertiary/aromatic N) is 1. The molecule has 0 radical (unpaired) electrons. The van der Waals surface area contributed by atoms with Crippen molar-refractivity contribution >= 4 is 11.9 Å². The maximum atomic E-state index is 11.9. The van der Waals surface area contributed by atoms with E-state index in [4.69, 9.17) is 9.47 Å². The number of carbonyl (C=O) groups excluding carboxylic acids is 2. The van der Waals surface area contributed by atoms with Crippen LogP contribution in [0, 0.1) is 0 Å². The third-order valence-corrected chi connectivity index (χ3v) is 6.04. The number of hydrogen-bond donors (Lipinski definition) is 1. The van der Waals surface area contributed by atoms with Crippen molar-refractivity contribution in [1.82, 2.24) is 0 Å². The second-order valence-electron chi connectivity index (χ2n) is 10.6. The lowest BCUT2D eigenvalue weighted by molar-refractivity contribution is -0.889. The number of aliphatic carboxylic acids is 1. The number of esters is 1. The zero-order chi connectivity index (χ0) is 28.5. The van der Waals surface area contributed by atoms with Crippen LogP contribution < -0.4 is 5.11 Å². The first kappa shape index (κ1) is 35.8. The summed E-state index contributed by atoms with van der Waals surface area (Å²) in [6, 6.07) is -0.691. The number of allylic oxidation sites excluding steroid dienone is 8. The van der Waals surface area contributed by atoms with Gasteiger partial charge < -0.3 is 29.0 Å². The van der Waals surface area contributed by atoms with Crippen LogP contribution in [0.2, 0.25) is 0 Å². The lowest BCUT2D eigenvalue weighted by Crippen LogP contribution is -2.55. The molecule has 0 fully saturated rings. The highest BCUT2D eigenvalue weighted by atomic mass is 16.5. The number of carbonyl (C=O) groups is 2. The number of quaternary nitrogens is 1. The van der Waals surface area contributed by atoms with Gasteiger partial charge in [0.2, 0.25) is 0 Å². The molecule has 0 aliphatic carbocycles. The maximum Gasteiger partial charge on any atom is 0.305 e. The van der Waals surface area contributed by atoms with Gasteiger partial charge in [0, 0.05) is 12.8 Å². The quantitative estimate of drug-likeness (QED) is 0.0836. The second-order valence-corrected chi connectivity index (χ2v) is 10.6. The summed E-state index contributed by atoms with van der Waals surface area (Å²) in [5, 5.41) is 21.1. The molecule has 38 heavy (non-hydrogen) atoms. The predicted octanol–water partition coefficient (Wildman–Crippen LogP) is 4.66. The Kier molecular flexibility index (Phi) is 22.5. The number of carboxylic acids is 1. The van der Waals surface area contributed by atoms with E-state index in [9.17, 15) is 19.8 Å². The molecule has 0 amide bonds. The van der Waals surface area contributed by atoms with Crippen molar-refractivity contribution in [2.45, 2.75) is 96.1 Å². The number of aliphatic hydroxyl groups is 1. The van der Waals surface area contributed by atoms with Gasteiger partial charge in [-0.15, -0.1) is 0 Å². The first-order valence-corrected chi connectivity index (χ1v) is 14.3. The van der Waals surface area contributed by atoms with Crippen molar-refractivity contribution in [2.24, 2.45) is 0 Å². The second kappa shape index (κ2) is 23.9. The Labute approximate surface area is 231 Å². The first-order chi connectivity index (χ1) is 18.2. The van der Waals surface area contributed by atoms with Crippen LogP contribution in [0.25, 0.3) is 0 Å². The van der Waals surface area contributed by atoms with Crippen LogP contribution in [-0.2, 0) is 19.1 Å². The standard InChI is InChI=1S/C31H53NO6/c1-5-6-7-8-9-10-11-12-13-14-15-16-17-18-19-20-21-22-23-30(34)38-27-28(33)26-37-25-24-29(31(35)36)32(2,3)4/h9-16,28-29,33H,5-8,17-27H2,1-4H3/b10-9+,12-11+,14-13+,16-15+. The van der Waals surface area contributed by atoms with Gasteiger partial charge in [0.1, 0.15) is 18.8 Å². The number of hydrogen-bond acceptors (Lipinski definition) is 6. The van der Waals surface area contributed by atoms with Crippen molar-refractivity contribution in [3.63, 3.8) is 0 Å². The number of rotatable bonds is 24. The Morgan fingerprint density at radius 2 is 1.37 bits per heavy atom. The average molecular weight is 536 g/mol. The molecule has 0 aromatic rings. The topological polar surface area (TPSA) is 95.9 Å². The number of ether oxygens (including phenoxy) is 2. The summed E-state index contributed by atoms with van der Waals surface area (Å²) in [6.45, 7) is 2.27. The molecular weight excluding hydrogens is 482 g/mol. The molecule has 218 valence electrons. The molecule has 0 aliphatic heterocycles. The summed E-state index contributed by atoms with van der Waals surface area (Å²) in [4.78, 5) is 23.1. The monoisotopic (exact) mass is 535 g/mol. The van der Waals surface area contributed by atoms with Gasteiger partial charge in [-0.2, -0.15) is 0 Å². The molecule has 0 aliphatic rings. The SMILES string of the molecule is CCCCC/C=C/C=C/C=C/C=C/CCCCCCCC(=O)OCC(O)COCCC(C(=O)[O-])[N+](C)(C)C. The minimum atomic E-state index is -1.12. The van der Waals surface area contributed by atoms with Gasteiger partial charge in [0.25, 0.3) is 0 Å². The summed E-state index contributed by atoms with van der Waals surface area (Å²) < 4.78 is 10.7. The predicted molar refractivity (Wildman–Crippen MR) is 152 cm³/mol. The third kappa shape index (κ3) is 22.9. The normalized spacial score (nSPS) is 14.2. The number of aliphatic hydroxyl groups excluding tert-OH is 1. The number of unbranched alkanes of at least 4 members (excludes halogenated alkanes) is 8. The van der Waals surface area contributed by atoms with Crippen molar-refractivity contribution in [3.05, 3.63) is 48.6 Å². The lowest BCUT2D eigenvalue weighted by Gasteiger charge is -2.34. The zero-order valence-electron chi connectivity index (χ0n) is 24.3. The third-order valence-electron chi connectivity index (χ3n) is 6.04. The minimum absolute atomic E-state index is 0.0122. The van der Waals surface area contributed by atoms with Crippen molar-refractivity contribution in [1.29, 1.82) is 0 Å². The summed E-state index contributed by atoms with van der Waals surface area (Å²) in [5.41, 5.74) is 0. The lowest BCUT2D eigenvalue weighted by atomic mass is 10.1. The van der Waals surface area contributed by atoms with E-state index in [0.717, 1.165) is 44.9 Å². The highest BCUT2D eigenvalue weighted by Crippen LogP contribution is 2.09. The van der Waals surface area contributed by atoms with Crippen LogP contribution in [0.5, 0.6) is 0 Å². The van der Waals surface area contributed by atoms with Crippen LogP contribution in [0.1, 0.15) is 84.0 Å². The van der Waals surface area contributed by atoms with Crippen molar-refractivity contribution in [2.75, 3.05) is 41.0 Å². The van der Waals surface area contributed by atoms with E-state index in [0.29, 0.717) is 6.42 Å². The molecule has 0 aromatic heterocycles. The van der Waals surface area contributed by atoms with Gasteiger partial charge in [-0.05, 0) is 32.1 Å². The summed E-state index contributed by atoms with van der Waals surface area (Å²) in [5.74, 6) is -1.44. The van der Waals surface area contributed by atoms with E-state index in [-0.39, 0.29) is 36.7 Å².